The van der Waals surface area contributed by atoms with Crippen molar-refractivity contribution in [3.8, 4) is 0 Å². The van der Waals surface area contributed by atoms with E-state index in [9.17, 15) is 19.2 Å². The van der Waals surface area contributed by atoms with Crippen LogP contribution in [-0.2, 0) is 33.4 Å². The Kier molecular flexibility index (Phi) is 7.12. The molecule has 0 bridgehead atoms. The van der Waals surface area contributed by atoms with Gasteiger partial charge in [-0.25, -0.2) is 19.2 Å². The Morgan fingerprint density at radius 3 is 1.42 bits per heavy atom. The van der Waals surface area contributed by atoms with Crippen LogP contribution >= 0.6 is 0 Å². The van der Waals surface area contributed by atoms with Crippen molar-refractivity contribution < 1.29 is 43.6 Å². The van der Waals surface area contributed by atoms with E-state index in [2.05, 4.69) is 14.2 Å². The lowest BCUT2D eigenvalue weighted by molar-refractivity contribution is -0.170. The number of hydrogen-bond acceptors (Lipinski definition) is 7. The smallest absolute Gasteiger partial charge is 0.344 e. The Morgan fingerprint density at radius 2 is 1.16 bits per heavy atom. The van der Waals surface area contributed by atoms with Crippen molar-refractivity contribution in [1.82, 2.24) is 0 Å². The first-order valence-electron chi connectivity index (χ1n) is 5.16. The summed E-state index contributed by atoms with van der Waals surface area (Å²) < 4.78 is 13.4. The fourth-order valence-electron chi connectivity index (χ4n) is 0.781. The molecule has 108 valence electrons. The van der Waals surface area contributed by atoms with Crippen LogP contribution in [0, 0.1) is 0 Å². The zero-order valence-electron chi connectivity index (χ0n) is 10.3. The summed E-state index contributed by atoms with van der Waals surface area (Å²) in [5.41, 5.74) is 0. The number of hydrogen-bond donors (Lipinski definition) is 2. The second-order valence-electron chi connectivity index (χ2n) is 3.43. The highest BCUT2D eigenvalue weighted by Gasteiger charge is 2.18. The fourth-order valence-corrected chi connectivity index (χ4v) is 0.781. The van der Waals surface area contributed by atoms with Gasteiger partial charge in [0.25, 0.3) is 0 Å². The number of aliphatic carboxylic acids is 2. The molecule has 0 aliphatic rings. The van der Waals surface area contributed by atoms with Crippen molar-refractivity contribution in [3.05, 3.63) is 0 Å². The molecule has 2 unspecified atom stereocenters. The first-order valence-corrected chi connectivity index (χ1v) is 5.16. The van der Waals surface area contributed by atoms with E-state index in [-0.39, 0.29) is 0 Å². The van der Waals surface area contributed by atoms with E-state index in [4.69, 9.17) is 10.2 Å². The minimum Gasteiger partial charge on any atom is -0.479 e. The zero-order valence-corrected chi connectivity index (χ0v) is 10.3. The van der Waals surface area contributed by atoms with E-state index in [1.807, 2.05) is 0 Å². The average Bonchev–Trinajstić information content (AvgIpc) is 2.28. The SMILES string of the molecule is CC(OC(=O)COCC(=O)OC(C)C(=O)O)C(=O)O. The van der Waals surface area contributed by atoms with Crippen LogP contribution < -0.4 is 0 Å². The van der Waals surface area contributed by atoms with Gasteiger partial charge in [0.1, 0.15) is 13.2 Å². The molecule has 0 saturated carbocycles. The summed E-state index contributed by atoms with van der Waals surface area (Å²) in [7, 11) is 0. The van der Waals surface area contributed by atoms with Gasteiger partial charge < -0.3 is 24.4 Å². The molecule has 2 N–H and O–H groups in total. The van der Waals surface area contributed by atoms with Crippen molar-refractivity contribution >= 4 is 23.9 Å². The third-order valence-electron chi connectivity index (χ3n) is 1.75. The molecule has 0 saturated heterocycles. The molecule has 0 heterocycles. The Balaban J connectivity index is 3.85. The molecule has 2 atom stereocenters. The van der Waals surface area contributed by atoms with Crippen LogP contribution in [-0.4, -0.2) is 59.5 Å². The van der Waals surface area contributed by atoms with Crippen molar-refractivity contribution in [2.75, 3.05) is 13.2 Å². The molecule has 0 amide bonds. The summed E-state index contributed by atoms with van der Waals surface area (Å²) in [6, 6.07) is 0. The maximum atomic E-state index is 11.0. The summed E-state index contributed by atoms with van der Waals surface area (Å²) in [6.45, 7) is 1.02. The van der Waals surface area contributed by atoms with Gasteiger partial charge in [0.15, 0.2) is 12.2 Å². The van der Waals surface area contributed by atoms with Crippen LogP contribution in [0.3, 0.4) is 0 Å². The van der Waals surface area contributed by atoms with Gasteiger partial charge in [0, 0.05) is 0 Å². The predicted molar refractivity (Wildman–Crippen MR) is 57.2 cm³/mol. The van der Waals surface area contributed by atoms with E-state index in [1.165, 1.54) is 0 Å². The van der Waals surface area contributed by atoms with Crippen LogP contribution in [0.1, 0.15) is 13.8 Å². The molecule has 0 aromatic carbocycles. The molecule has 9 nitrogen and oxygen atoms in total. The molecule has 0 aromatic heterocycles. The van der Waals surface area contributed by atoms with Gasteiger partial charge in [-0.15, -0.1) is 0 Å². The molecule has 0 radical (unpaired) electrons. The van der Waals surface area contributed by atoms with Gasteiger partial charge in [0.2, 0.25) is 0 Å². The molecule has 0 rings (SSSR count). The Bertz CT molecular complexity index is 328. The summed E-state index contributed by atoms with van der Waals surface area (Å²) in [4.78, 5) is 42.7. The molecule has 0 aromatic rings. The Hall–Kier alpha value is -2.16. The van der Waals surface area contributed by atoms with Gasteiger partial charge in [-0.05, 0) is 13.8 Å². The molecule has 9 heteroatoms. The largest absolute Gasteiger partial charge is 0.479 e. The number of carboxylic acid groups (broad SMARTS) is 2. The number of esters is 2. The monoisotopic (exact) mass is 278 g/mol. The number of carbonyl (C=O) groups excluding carboxylic acids is 2. The Morgan fingerprint density at radius 1 is 0.842 bits per heavy atom. The number of carboxylic acids is 2. The van der Waals surface area contributed by atoms with Crippen LogP contribution in [0.15, 0.2) is 0 Å². The van der Waals surface area contributed by atoms with E-state index in [0.29, 0.717) is 0 Å². The molecule has 19 heavy (non-hydrogen) atoms. The molecule has 0 aliphatic carbocycles. The minimum absolute atomic E-state index is 0.645. The van der Waals surface area contributed by atoms with Crippen molar-refractivity contribution in [1.29, 1.82) is 0 Å². The third kappa shape index (κ3) is 7.71. The zero-order chi connectivity index (χ0) is 15.0. The van der Waals surface area contributed by atoms with E-state index in [1.54, 1.807) is 0 Å². The summed E-state index contributed by atoms with van der Waals surface area (Å²) >= 11 is 0. The van der Waals surface area contributed by atoms with Crippen LogP contribution in [0.5, 0.6) is 0 Å². The number of carbonyl (C=O) groups is 4. The first kappa shape index (κ1) is 16.8. The van der Waals surface area contributed by atoms with E-state index >= 15 is 0 Å². The normalized spacial score (nSPS) is 13.2. The van der Waals surface area contributed by atoms with Crippen molar-refractivity contribution in [3.63, 3.8) is 0 Å². The fraction of sp³-hybridized carbons (Fsp3) is 0.600. The predicted octanol–water partition coefficient (Wildman–Crippen LogP) is -0.964. The second kappa shape index (κ2) is 8.03. The summed E-state index contributed by atoms with van der Waals surface area (Å²) in [5.74, 6) is -4.56. The standard InChI is InChI=1S/C10H14O9/c1-5(9(13)14)18-7(11)3-17-4-8(12)19-6(2)10(15)16/h5-6H,3-4H2,1-2H3,(H,13,14)(H,15,16). The molecule has 0 fully saturated rings. The molecule has 0 spiro atoms. The quantitative estimate of drug-likeness (QED) is 0.537. The van der Waals surface area contributed by atoms with E-state index < -0.39 is 49.3 Å². The van der Waals surface area contributed by atoms with Crippen molar-refractivity contribution in [2.45, 2.75) is 26.1 Å². The van der Waals surface area contributed by atoms with Crippen LogP contribution in [0.25, 0.3) is 0 Å². The van der Waals surface area contributed by atoms with Gasteiger partial charge in [-0.3, -0.25) is 0 Å². The van der Waals surface area contributed by atoms with Crippen molar-refractivity contribution in [2.24, 2.45) is 0 Å². The lowest BCUT2D eigenvalue weighted by Crippen LogP contribution is -2.28. The summed E-state index contributed by atoms with van der Waals surface area (Å²) in [5, 5.41) is 16.9. The lowest BCUT2D eigenvalue weighted by Gasteiger charge is -2.10. The maximum Gasteiger partial charge on any atom is 0.344 e. The minimum atomic E-state index is -1.32. The van der Waals surface area contributed by atoms with Gasteiger partial charge in [-0.2, -0.15) is 0 Å². The third-order valence-corrected chi connectivity index (χ3v) is 1.75. The highest BCUT2D eigenvalue weighted by molar-refractivity contribution is 5.79. The highest BCUT2D eigenvalue weighted by atomic mass is 16.6. The van der Waals surface area contributed by atoms with Crippen LogP contribution in [0.2, 0.25) is 0 Å². The summed E-state index contributed by atoms with van der Waals surface area (Å²) in [6.07, 6.45) is -2.65. The van der Waals surface area contributed by atoms with Gasteiger partial charge in [-0.1, -0.05) is 0 Å². The molecular weight excluding hydrogens is 264 g/mol. The van der Waals surface area contributed by atoms with Gasteiger partial charge >= 0.3 is 23.9 Å². The lowest BCUT2D eigenvalue weighted by atomic mass is 10.4. The van der Waals surface area contributed by atoms with Crippen LogP contribution in [0.4, 0.5) is 0 Å². The average molecular weight is 278 g/mol. The molecule has 0 aliphatic heterocycles. The van der Waals surface area contributed by atoms with E-state index in [0.717, 1.165) is 13.8 Å². The number of ether oxygens (including phenoxy) is 3. The maximum absolute atomic E-state index is 11.0. The Labute approximate surface area is 108 Å². The first-order chi connectivity index (χ1) is 8.73. The highest BCUT2D eigenvalue weighted by Crippen LogP contribution is 1.95. The topological polar surface area (TPSA) is 136 Å². The molecular formula is C10H14O9. The van der Waals surface area contributed by atoms with Gasteiger partial charge in [0.05, 0.1) is 0 Å². The second-order valence-corrected chi connectivity index (χ2v) is 3.43. The number of rotatable bonds is 8.